The first-order valence-electron chi connectivity index (χ1n) is 6.36. The molecule has 1 aromatic carbocycles. The number of halogens is 2. The van der Waals surface area contributed by atoms with E-state index < -0.39 is 11.5 Å². The summed E-state index contributed by atoms with van der Waals surface area (Å²) in [5.74, 6) is -1.19. The lowest BCUT2D eigenvalue weighted by molar-refractivity contribution is -0.150. The summed E-state index contributed by atoms with van der Waals surface area (Å²) in [5, 5.41) is 9.47. The van der Waals surface area contributed by atoms with E-state index >= 15 is 0 Å². The molecule has 0 radical (unpaired) electrons. The van der Waals surface area contributed by atoms with Gasteiger partial charge in [0, 0.05) is 15.5 Å². The summed E-state index contributed by atoms with van der Waals surface area (Å²) in [6, 6.07) is 5.32. The Kier molecular flexibility index (Phi) is 4.54. The SMILES string of the molecule is CC1(C(=O)O)CCCCN1C(=O)c1cc(Br)ccc1Br. The Morgan fingerprint density at radius 3 is 2.65 bits per heavy atom. The first-order valence-corrected chi connectivity index (χ1v) is 7.95. The number of carboxylic acids is 1. The topological polar surface area (TPSA) is 57.6 Å². The Morgan fingerprint density at radius 1 is 1.30 bits per heavy atom. The van der Waals surface area contributed by atoms with Gasteiger partial charge in [-0.3, -0.25) is 4.79 Å². The highest BCUT2D eigenvalue weighted by atomic mass is 79.9. The molecule has 0 aliphatic carbocycles. The van der Waals surface area contributed by atoms with E-state index in [1.807, 2.05) is 6.07 Å². The molecule has 1 N–H and O–H groups in total. The van der Waals surface area contributed by atoms with Crippen molar-refractivity contribution in [2.75, 3.05) is 6.54 Å². The normalized spacial score (nSPS) is 22.6. The van der Waals surface area contributed by atoms with Gasteiger partial charge in [0.25, 0.3) is 5.91 Å². The number of rotatable bonds is 2. The first-order chi connectivity index (χ1) is 9.36. The lowest BCUT2D eigenvalue weighted by Gasteiger charge is -2.41. The standard InChI is InChI=1S/C14H15Br2NO3/c1-14(13(19)20)6-2-3-7-17(14)12(18)10-8-9(15)4-5-11(10)16/h4-5,8H,2-3,6-7H2,1H3,(H,19,20). The first kappa shape index (κ1) is 15.5. The van der Waals surface area contributed by atoms with Crippen LogP contribution in [0.25, 0.3) is 0 Å². The van der Waals surface area contributed by atoms with Crippen molar-refractivity contribution in [3.63, 3.8) is 0 Å². The summed E-state index contributed by atoms with van der Waals surface area (Å²) in [5.41, 5.74) is -0.648. The molecule has 2 rings (SSSR count). The second-order valence-electron chi connectivity index (χ2n) is 5.12. The van der Waals surface area contributed by atoms with Gasteiger partial charge in [-0.1, -0.05) is 15.9 Å². The van der Waals surface area contributed by atoms with E-state index in [2.05, 4.69) is 31.9 Å². The number of likely N-dealkylation sites (tertiary alicyclic amines) is 1. The summed E-state index contributed by atoms with van der Waals surface area (Å²) < 4.78 is 1.46. The molecular weight excluding hydrogens is 390 g/mol. The van der Waals surface area contributed by atoms with Gasteiger partial charge >= 0.3 is 5.97 Å². The fraction of sp³-hybridized carbons (Fsp3) is 0.429. The molecule has 0 aromatic heterocycles. The Hall–Kier alpha value is -0.880. The molecule has 1 atom stereocenters. The van der Waals surface area contributed by atoms with Gasteiger partial charge in [0.1, 0.15) is 5.54 Å². The van der Waals surface area contributed by atoms with Gasteiger partial charge in [-0.25, -0.2) is 4.79 Å². The van der Waals surface area contributed by atoms with Crippen LogP contribution in [0.1, 0.15) is 36.5 Å². The second-order valence-corrected chi connectivity index (χ2v) is 6.89. The Balaban J connectivity index is 2.40. The van der Waals surface area contributed by atoms with E-state index in [9.17, 15) is 14.7 Å². The third-order valence-electron chi connectivity index (χ3n) is 3.76. The van der Waals surface area contributed by atoms with Crippen LogP contribution in [0.15, 0.2) is 27.1 Å². The number of amides is 1. The van der Waals surface area contributed by atoms with Crippen molar-refractivity contribution in [3.8, 4) is 0 Å². The molecule has 1 aromatic rings. The zero-order chi connectivity index (χ0) is 14.9. The third-order valence-corrected chi connectivity index (χ3v) is 4.94. The molecule has 20 heavy (non-hydrogen) atoms. The van der Waals surface area contributed by atoms with Crippen LogP contribution in [0.3, 0.4) is 0 Å². The smallest absolute Gasteiger partial charge is 0.329 e. The largest absolute Gasteiger partial charge is 0.480 e. The van der Waals surface area contributed by atoms with E-state index in [0.717, 1.165) is 17.3 Å². The van der Waals surface area contributed by atoms with Crippen LogP contribution < -0.4 is 0 Å². The van der Waals surface area contributed by atoms with Crippen LogP contribution in [-0.4, -0.2) is 34.0 Å². The van der Waals surface area contributed by atoms with Gasteiger partial charge < -0.3 is 10.0 Å². The van der Waals surface area contributed by atoms with Crippen LogP contribution in [0, 0.1) is 0 Å². The molecule has 0 spiro atoms. The van der Waals surface area contributed by atoms with Crippen molar-refractivity contribution in [2.45, 2.75) is 31.7 Å². The molecule has 1 aliphatic rings. The molecule has 1 amide bonds. The fourth-order valence-electron chi connectivity index (χ4n) is 2.48. The zero-order valence-electron chi connectivity index (χ0n) is 11.0. The van der Waals surface area contributed by atoms with E-state index in [-0.39, 0.29) is 5.91 Å². The summed E-state index contributed by atoms with van der Waals surface area (Å²) in [6.07, 6.45) is 2.15. The number of nitrogens with zero attached hydrogens (tertiary/aromatic N) is 1. The predicted octanol–water partition coefficient (Wildman–Crippen LogP) is 3.68. The van der Waals surface area contributed by atoms with Gasteiger partial charge in [-0.15, -0.1) is 0 Å². The molecule has 1 heterocycles. The minimum absolute atomic E-state index is 0.247. The average Bonchev–Trinajstić information content (AvgIpc) is 2.41. The predicted molar refractivity (Wildman–Crippen MR) is 82.8 cm³/mol. The summed E-state index contributed by atoms with van der Waals surface area (Å²) >= 11 is 6.69. The Morgan fingerprint density at radius 2 is 2.00 bits per heavy atom. The quantitative estimate of drug-likeness (QED) is 0.817. The van der Waals surface area contributed by atoms with Gasteiger partial charge in [0.15, 0.2) is 0 Å². The summed E-state index contributed by atoms with van der Waals surface area (Å²) in [4.78, 5) is 25.7. The highest BCUT2D eigenvalue weighted by molar-refractivity contribution is 9.11. The molecule has 4 nitrogen and oxygen atoms in total. The van der Waals surface area contributed by atoms with Gasteiger partial charge in [-0.2, -0.15) is 0 Å². The highest BCUT2D eigenvalue weighted by Gasteiger charge is 2.44. The lowest BCUT2D eigenvalue weighted by atomic mass is 9.88. The van der Waals surface area contributed by atoms with Crippen molar-refractivity contribution in [3.05, 3.63) is 32.7 Å². The van der Waals surface area contributed by atoms with Crippen molar-refractivity contribution >= 4 is 43.7 Å². The van der Waals surface area contributed by atoms with Gasteiger partial charge in [-0.05, 0) is 60.3 Å². The van der Waals surface area contributed by atoms with Crippen LogP contribution in [0.5, 0.6) is 0 Å². The molecule has 108 valence electrons. The van der Waals surface area contributed by atoms with E-state index in [4.69, 9.17) is 0 Å². The number of aliphatic carboxylic acids is 1. The highest BCUT2D eigenvalue weighted by Crippen LogP contribution is 2.32. The third kappa shape index (κ3) is 2.76. The molecule has 1 unspecified atom stereocenters. The number of piperidine rings is 1. The fourth-order valence-corrected chi connectivity index (χ4v) is 3.25. The maximum atomic E-state index is 12.7. The number of carbonyl (C=O) groups excluding carboxylic acids is 1. The Bertz CT molecular complexity index is 561. The maximum Gasteiger partial charge on any atom is 0.329 e. The molecule has 1 aliphatic heterocycles. The summed E-state index contributed by atoms with van der Waals surface area (Å²) in [7, 11) is 0. The second kappa shape index (κ2) is 5.85. The van der Waals surface area contributed by atoms with Gasteiger partial charge in [0.05, 0.1) is 5.56 Å². The van der Waals surface area contributed by atoms with Crippen LogP contribution in [0.2, 0.25) is 0 Å². The minimum atomic E-state index is -1.13. The van der Waals surface area contributed by atoms with E-state index in [1.165, 1.54) is 4.90 Å². The van der Waals surface area contributed by atoms with Crippen LogP contribution in [-0.2, 0) is 4.79 Å². The monoisotopic (exact) mass is 403 g/mol. The van der Waals surface area contributed by atoms with E-state index in [0.29, 0.717) is 23.0 Å². The van der Waals surface area contributed by atoms with Crippen molar-refractivity contribution < 1.29 is 14.7 Å². The van der Waals surface area contributed by atoms with Crippen molar-refractivity contribution in [2.24, 2.45) is 0 Å². The number of hydrogen-bond donors (Lipinski definition) is 1. The average molecular weight is 405 g/mol. The number of carboxylic acid groups (broad SMARTS) is 1. The molecular formula is C14H15Br2NO3. The molecule has 0 saturated carbocycles. The van der Waals surface area contributed by atoms with Crippen LogP contribution >= 0.6 is 31.9 Å². The van der Waals surface area contributed by atoms with E-state index in [1.54, 1.807) is 19.1 Å². The zero-order valence-corrected chi connectivity index (χ0v) is 14.2. The molecule has 1 saturated heterocycles. The van der Waals surface area contributed by atoms with Gasteiger partial charge in [0.2, 0.25) is 0 Å². The number of benzene rings is 1. The summed E-state index contributed by atoms with van der Waals surface area (Å²) in [6.45, 7) is 2.10. The number of hydrogen-bond acceptors (Lipinski definition) is 2. The maximum absolute atomic E-state index is 12.7. The molecule has 0 bridgehead atoms. The lowest BCUT2D eigenvalue weighted by Crippen LogP contribution is -2.57. The Labute approximate surface area is 134 Å². The van der Waals surface area contributed by atoms with Crippen molar-refractivity contribution in [1.82, 2.24) is 4.90 Å². The van der Waals surface area contributed by atoms with Crippen molar-refractivity contribution in [1.29, 1.82) is 0 Å². The van der Waals surface area contributed by atoms with Crippen LogP contribution in [0.4, 0.5) is 0 Å². The number of carbonyl (C=O) groups is 2. The minimum Gasteiger partial charge on any atom is -0.480 e. The molecule has 6 heteroatoms. The molecule has 1 fully saturated rings.